The highest BCUT2D eigenvalue weighted by Gasteiger charge is 2.42. The van der Waals surface area contributed by atoms with Crippen LogP contribution in [0.2, 0.25) is 0 Å². The van der Waals surface area contributed by atoms with Crippen molar-refractivity contribution in [3.63, 3.8) is 0 Å². The second-order valence-electron chi connectivity index (χ2n) is 4.79. The van der Waals surface area contributed by atoms with Crippen molar-refractivity contribution < 1.29 is 24.5 Å². The van der Waals surface area contributed by atoms with Crippen LogP contribution in [0.4, 0.5) is 10.5 Å². The monoisotopic (exact) mass is 265 g/mol. The molecule has 1 aliphatic heterocycles. The number of carbonyl (C=O) groups is 2. The summed E-state index contributed by atoms with van der Waals surface area (Å²) in [5, 5.41) is 18.4. The minimum absolute atomic E-state index is 0.0121. The predicted molar refractivity (Wildman–Crippen MR) is 67.2 cm³/mol. The Kier molecular flexibility index (Phi) is 3.33. The second kappa shape index (κ2) is 4.79. The number of phenols is 1. The number of hydrogen-bond donors (Lipinski definition) is 2. The van der Waals surface area contributed by atoms with E-state index in [1.54, 1.807) is 25.1 Å². The van der Waals surface area contributed by atoms with E-state index < -0.39 is 17.7 Å². The van der Waals surface area contributed by atoms with E-state index >= 15 is 0 Å². The van der Waals surface area contributed by atoms with Crippen LogP contribution in [0.25, 0.3) is 0 Å². The first-order chi connectivity index (χ1) is 8.91. The zero-order chi connectivity index (χ0) is 14.0. The van der Waals surface area contributed by atoms with Crippen molar-refractivity contribution in [1.29, 1.82) is 0 Å². The Labute approximate surface area is 110 Å². The van der Waals surface area contributed by atoms with E-state index in [0.29, 0.717) is 5.69 Å². The summed E-state index contributed by atoms with van der Waals surface area (Å²) in [6.07, 6.45) is -0.411. The van der Waals surface area contributed by atoms with Crippen molar-refractivity contribution >= 4 is 17.7 Å². The number of amides is 1. The van der Waals surface area contributed by atoms with Gasteiger partial charge < -0.3 is 14.9 Å². The fourth-order valence-electron chi connectivity index (χ4n) is 2.07. The molecule has 1 atom stereocenters. The molecule has 6 nitrogen and oxygen atoms in total. The molecule has 0 spiro atoms. The summed E-state index contributed by atoms with van der Waals surface area (Å²) in [7, 11) is 0. The molecule has 0 aromatic heterocycles. The van der Waals surface area contributed by atoms with Crippen LogP contribution in [0.15, 0.2) is 24.3 Å². The standard InChI is InChI=1S/C13H15NO5/c1-13(7-6-11(16)17)8-14(12(18)19-13)9-4-2-3-5-10(9)15/h2-5,15H,6-8H2,1H3,(H,16,17). The Balaban J connectivity index is 2.16. The van der Waals surface area contributed by atoms with E-state index in [1.165, 1.54) is 11.0 Å². The maximum Gasteiger partial charge on any atom is 0.415 e. The Morgan fingerprint density at radius 1 is 1.47 bits per heavy atom. The molecule has 0 bridgehead atoms. The third-order valence-electron chi connectivity index (χ3n) is 3.09. The van der Waals surface area contributed by atoms with Crippen LogP contribution in [-0.2, 0) is 9.53 Å². The lowest BCUT2D eigenvalue weighted by Crippen LogP contribution is -2.32. The van der Waals surface area contributed by atoms with Crippen LogP contribution >= 0.6 is 0 Å². The van der Waals surface area contributed by atoms with Gasteiger partial charge in [-0.1, -0.05) is 12.1 Å². The van der Waals surface area contributed by atoms with Crippen molar-refractivity contribution in [2.45, 2.75) is 25.4 Å². The largest absolute Gasteiger partial charge is 0.506 e. The quantitative estimate of drug-likeness (QED) is 0.869. The van der Waals surface area contributed by atoms with E-state index in [4.69, 9.17) is 9.84 Å². The molecule has 1 fully saturated rings. The van der Waals surface area contributed by atoms with Gasteiger partial charge in [0.15, 0.2) is 0 Å². The molecule has 0 aliphatic carbocycles. The van der Waals surface area contributed by atoms with Gasteiger partial charge in [0.05, 0.1) is 12.2 Å². The summed E-state index contributed by atoms with van der Waals surface area (Å²) in [6.45, 7) is 1.91. The highest BCUT2D eigenvalue weighted by Crippen LogP contribution is 2.35. The smallest absolute Gasteiger partial charge is 0.415 e. The molecule has 1 aromatic carbocycles. The normalized spacial score (nSPS) is 22.4. The molecule has 1 aliphatic rings. The van der Waals surface area contributed by atoms with Gasteiger partial charge in [0.2, 0.25) is 0 Å². The summed E-state index contributed by atoms with van der Waals surface area (Å²) in [4.78, 5) is 23.7. The lowest BCUT2D eigenvalue weighted by Gasteiger charge is -2.20. The summed E-state index contributed by atoms with van der Waals surface area (Å²) >= 11 is 0. The number of aliphatic carboxylic acids is 1. The predicted octanol–water partition coefficient (Wildman–Crippen LogP) is 1.97. The molecular weight excluding hydrogens is 250 g/mol. The van der Waals surface area contributed by atoms with Crippen molar-refractivity contribution in [1.82, 2.24) is 0 Å². The average Bonchev–Trinajstić information content (AvgIpc) is 2.64. The van der Waals surface area contributed by atoms with E-state index in [0.717, 1.165) is 0 Å². The number of phenolic OH excluding ortho intramolecular Hbond substituents is 1. The molecule has 0 saturated carbocycles. The SMILES string of the molecule is CC1(CCC(=O)O)CN(c2ccccc2O)C(=O)O1. The Morgan fingerprint density at radius 2 is 2.16 bits per heavy atom. The number of anilines is 1. The molecule has 6 heteroatoms. The van der Waals surface area contributed by atoms with Gasteiger partial charge in [-0.25, -0.2) is 4.79 Å². The Hall–Kier alpha value is -2.24. The molecular formula is C13H15NO5. The number of rotatable bonds is 4. The summed E-state index contributed by atoms with van der Waals surface area (Å²) in [5.74, 6) is -0.944. The van der Waals surface area contributed by atoms with E-state index in [-0.39, 0.29) is 25.1 Å². The highest BCUT2D eigenvalue weighted by atomic mass is 16.6. The Bertz CT molecular complexity index is 516. The van der Waals surface area contributed by atoms with Gasteiger partial charge in [0.25, 0.3) is 0 Å². The summed E-state index contributed by atoms with van der Waals surface area (Å²) in [6, 6.07) is 6.45. The second-order valence-corrected chi connectivity index (χ2v) is 4.79. The zero-order valence-electron chi connectivity index (χ0n) is 10.5. The number of carboxylic acids is 1. The minimum Gasteiger partial charge on any atom is -0.506 e. The van der Waals surface area contributed by atoms with Crippen molar-refractivity contribution in [3.8, 4) is 5.75 Å². The fraction of sp³-hybridized carbons (Fsp3) is 0.385. The molecule has 1 aromatic rings. The number of ether oxygens (including phenoxy) is 1. The van der Waals surface area contributed by atoms with Crippen LogP contribution in [0.5, 0.6) is 5.75 Å². The van der Waals surface area contributed by atoms with Gasteiger partial charge in [-0.05, 0) is 25.5 Å². The zero-order valence-corrected chi connectivity index (χ0v) is 10.5. The molecule has 2 rings (SSSR count). The number of cyclic esters (lactones) is 1. The molecule has 0 radical (unpaired) electrons. The van der Waals surface area contributed by atoms with Crippen molar-refractivity contribution in [3.05, 3.63) is 24.3 Å². The van der Waals surface area contributed by atoms with Crippen LogP contribution in [0, 0.1) is 0 Å². The van der Waals surface area contributed by atoms with Crippen LogP contribution in [0.3, 0.4) is 0 Å². The Morgan fingerprint density at radius 3 is 2.79 bits per heavy atom. The molecule has 1 amide bonds. The maximum absolute atomic E-state index is 11.8. The van der Waals surface area contributed by atoms with Gasteiger partial charge in [0.1, 0.15) is 11.4 Å². The van der Waals surface area contributed by atoms with Gasteiger partial charge in [0, 0.05) is 6.42 Å². The molecule has 1 saturated heterocycles. The summed E-state index contributed by atoms with van der Waals surface area (Å²) in [5.41, 5.74) is -0.482. The molecule has 1 heterocycles. The van der Waals surface area contributed by atoms with Crippen LogP contribution in [-0.4, -0.2) is 34.4 Å². The van der Waals surface area contributed by atoms with Gasteiger partial charge in [-0.15, -0.1) is 0 Å². The van der Waals surface area contributed by atoms with Crippen molar-refractivity contribution in [2.75, 3.05) is 11.4 Å². The number of aromatic hydroxyl groups is 1. The highest BCUT2D eigenvalue weighted by molar-refractivity contribution is 5.92. The van der Waals surface area contributed by atoms with E-state index in [2.05, 4.69) is 0 Å². The first kappa shape index (κ1) is 13.2. The number of carboxylic acid groups (broad SMARTS) is 1. The number of nitrogens with zero attached hydrogens (tertiary/aromatic N) is 1. The lowest BCUT2D eigenvalue weighted by molar-refractivity contribution is -0.138. The third kappa shape index (κ3) is 2.78. The molecule has 102 valence electrons. The minimum atomic E-state index is -0.932. The topological polar surface area (TPSA) is 87.1 Å². The summed E-state index contributed by atoms with van der Waals surface area (Å²) < 4.78 is 5.23. The van der Waals surface area contributed by atoms with Crippen LogP contribution < -0.4 is 4.90 Å². The van der Waals surface area contributed by atoms with E-state index in [9.17, 15) is 14.7 Å². The van der Waals surface area contributed by atoms with Crippen molar-refractivity contribution in [2.24, 2.45) is 0 Å². The van der Waals surface area contributed by atoms with Crippen LogP contribution in [0.1, 0.15) is 19.8 Å². The lowest BCUT2D eigenvalue weighted by atomic mass is 10.00. The molecule has 19 heavy (non-hydrogen) atoms. The van der Waals surface area contributed by atoms with Gasteiger partial charge >= 0.3 is 12.1 Å². The number of benzene rings is 1. The first-order valence-corrected chi connectivity index (χ1v) is 5.92. The third-order valence-corrected chi connectivity index (χ3v) is 3.09. The van der Waals surface area contributed by atoms with Gasteiger partial charge in [-0.3, -0.25) is 9.69 Å². The average molecular weight is 265 g/mol. The number of para-hydroxylation sites is 2. The number of carbonyl (C=O) groups excluding carboxylic acids is 1. The fourth-order valence-corrected chi connectivity index (χ4v) is 2.07. The van der Waals surface area contributed by atoms with E-state index in [1.807, 2.05) is 0 Å². The molecule has 2 N–H and O–H groups in total. The first-order valence-electron chi connectivity index (χ1n) is 5.92. The maximum atomic E-state index is 11.8. The molecule has 1 unspecified atom stereocenters. The number of hydrogen-bond acceptors (Lipinski definition) is 4. The van der Waals surface area contributed by atoms with Gasteiger partial charge in [-0.2, -0.15) is 0 Å².